The molecule has 0 aromatic carbocycles. The molecular weight excluding hydrogens is 393 g/mol. The number of halogens is 4. The van der Waals surface area contributed by atoms with Crippen LogP contribution in [0.25, 0.3) is 0 Å². The Hall–Kier alpha value is -2.19. The van der Waals surface area contributed by atoms with Gasteiger partial charge in [0.05, 0.1) is 6.54 Å². The number of nitrogens with zero attached hydrogens (tertiary/aromatic N) is 4. The maximum absolute atomic E-state index is 13.5. The smallest absolute Gasteiger partial charge is 0.383 e. The number of aliphatic hydroxyl groups is 1. The van der Waals surface area contributed by atoms with Crippen molar-refractivity contribution in [2.45, 2.75) is 38.0 Å². The predicted octanol–water partition coefficient (Wildman–Crippen LogP) is 4.53. The molecule has 0 aliphatic heterocycles. The predicted molar refractivity (Wildman–Crippen MR) is 102 cm³/mol. The lowest BCUT2D eigenvalue weighted by molar-refractivity contribution is -0.103. The molecule has 9 heteroatoms. The third-order valence-corrected chi connectivity index (χ3v) is 4.43. The van der Waals surface area contributed by atoms with E-state index >= 15 is 0 Å². The number of anilines is 1. The summed E-state index contributed by atoms with van der Waals surface area (Å²) >= 11 is 5.73. The van der Waals surface area contributed by atoms with E-state index in [2.05, 4.69) is 15.2 Å². The number of allylic oxidation sites excluding steroid dienone is 1. The Kier molecular flexibility index (Phi) is 7.37. The van der Waals surface area contributed by atoms with Gasteiger partial charge in [0.2, 0.25) is 0 Å². The van der Waals surface area contributed by atoms with Crippen LogP contribution >= 0.6 is 11.6 Å². The van der Waals surface area contributed by atoms with Gasteiger partial charge in [0.25, 0.3) is 0 Å². The van der Waals surface area contributed by atoms with Crippen molar-refractivity contribution < 1.29 is 18.3 Å². The maximum atomic E-state index is 13.5. The van der Waals surface area contributed by atoms with Gasteiger partial charge in [0, 0.05) is 37.0 Å². The molecule has 2 aromatic rings. The standard InChI is InChI=1S/C19H22ClF3N4O/c1-3-4-6-14(19(21,22)23)11-18(28,15-7-5-10-24-12-15)13-27(2)17-9-8-16(20)25-26-17/h5-10,12,28H,3-4,11,13H2,1-2H3/b14-6-. The van der Waals surface area contributed by atoms with Gasteiger partial charge in [0.1, 0.15) is 5.60 Å². The van der Waals surface area contributed by atoms with E-state index in [1.807, 2.05) is 0 Å². The SMILES string of the molecule is CCC/C=C(/CC(O)(CN(C)c1ccc(Cl)nn1)c1cccnc1)C(F)(F)F. The summed E-state index contributed by atoms with van der Waals surface area (Å²) < 4.78 is 40.6. The van der Waals surface area contributed by atoms with Crippen LogP contribution in [0.15, 0.2) is 48.3 Å². The van der Waals surface area contributed by atoms with E-state index in [1.54, 1.807) is 32.2 Å². The molecule has 0 saturated heterocycles. The first-order chi connectivity index (χ1) is 13.2. The molecule has 0 spiro atoms. The van der Waals surface area contributed by atoms with Crippen molar-refractivity contribution in [3.63, 3.8) is 0 Å². The number of alkyl halides is 3. The van der Waals surface area contributed by atoms with Crippen molar-refractivity contribution in [3.8, 4) is 0 Å². The van der Waals surface area contributed by atoms with Crippen molar-refractivity contribution in [1.29, 1.82) is 0 Å². The molecule has 0 bridgehead atoms. The summed E-state index contributed by atoms with van der Waals surface area (Å²) in [5.41, 5.74) is -2.31. The van der Waals surface area contributed by atoms with Crippen LogP contribution in [0.4, 0.5) is 19.0 Å². The quantitative estimate of drug-likeness (QED) is 0.643. The van der Waals surface area contributed by atoms with Crippen LogP contribution < -0.4 is 4.90 Å². The van der Waals surface area contributed by atoms with Crippen molar-refractivity contribution in [3.05, 3.63) is 59.0 Å². The van der Waals surface area contributed by atoms with Crippen LogP contribution in [0.5, 0.6) is 0 Å². The summed E-state index contributed by atoms with van der Waals surface area (Å²) in [6, 6.07) is 6.23. The molecule has 28 heavy (non-hydrogen) atoms. The summed E-state index contributed by atoms with van der Waals surface area (Å²) in [4.78, 5) is 5.48. The van der Waals surface area contributed by atoms with Gasteiger partial charge < -0.3 is 10.0 Å². The second-order valence-corrected chi connectivity index (χ2v) is 6.92. The van der Waals surface area contributed by atoms with Crippen molar-refractivity contribution >= 4 is 17.4 Å². The number of likely N-dealkylation sites (N-methyl/N-ethyl adjacent to an activating group) is 1. The summed E-state index contributed by atoms with van der Waals surface area (Å²) in [5.74, 6) is 0.373. The Bertz CT molecular complexity index is 784. The fourth-order valence-electron chi connectivity index (χ4n) is 2.79. The highest BCUT2D eigenvalue weighted by Crippen LogP contribution is 2.37. The summed E-state index contributed by atoms with van der Waals surface area (Å²) in [7, 11) is 1.61. The van der Waals surface area contributed by atoms with E-state index in [4.69, 9.17) is 11.6 Å². The van der Waals surface area contributed by atoms with E-state index in [0.29, 0.717) is 12.2 Å². The summed E-state index contributed by atoms with van der Waals surface area (Å²) in [6.45, 7) is 1.65. The van der Waals surface area contributed by atoms with Crippen LogP contribution in [-0.4, -0.2) is 40.1 Å². The molecule has 0 radical (unpaired) electrons. The highest BCUT2D eigenvalue weighted by Gasteiger charge is 2.41. The molecular formula is C19H22ClF3N4O. The first kappa shape index (κ1) is 22.1. The molecule has 0 aliphatic carbocycles. The van der Waals surface area contributed by atoms with Crippen LogP contribution in [0.2, 0.25) is 5.15 Å². The van der Waals surface area contributed by atoms with Crippen LogP contribution in [0, 0.1) is 0 Å². The Morgan fingerprint density at radius 1 is 1.25 bits per heavy atom. The Morgan fingerprint density at radius 3 is 2.54 bits per heavy atom. The lowest BCUT2D eigenvalue weighted by atomic mass is 9.86. The molecule has 5 nitrogen and oxygen atoms in total. The van der Waals surface area contributed by atoms with Gasteiger partial charge in [-0.15, -0.1) is 10.2 Å². The summed E-state index contributed by atoms with van der Waals surface area (Å²) in [6.07, 6.45) is -0.284. The van der Waals surface area contributed by atoms with Crippen molar-refractivity contribution in [2.75, 3.05) is 18.5 Å². The van der Waals surface area contributed by atoms with Crippen molar-refractivity contribution in [2.24, 2.45) is 0 Å². The first-order valence-corrected chi connectivity index (χ1v) is 9.13. The van der Waals surface area contributed by atoms with E-state index in [9.17, 15) is 18.3 Å². The first-order valence-electron chi connectivity index (χ1n) is 8.75. The van der Waals surface area contributed by atoms with Crippen LogP contribution in [0.1, 0.15) is 31.7 Å². The average Bonchev–Trinajstić information content (AvgIpc) is 2.65. The monoisotopic (exact) mass is 414 g/mol. The number of unbranched alkanes of at least 4 members (excludes halogenated alkanes) is 1. The van der Waals surface area contributed by atoms with Gasteiger partial charge in [-0.1, -0.05) is 37.1 Å². The fraction of sp³-hybridized carbons (Fsp3) is 0.421. The van der Waals surface area contributed by atoms with E-state index in [-0.39, 0.29) is 23.7 Å². The Morgan fingerprint density at radius 2 is 2.00 bits per heavy atom. The van der Waals surface area contributed by atoms with Gasteiger partial charge in [0.15, 0.2) is 11.0 Å². The topological polar surface area (TPSA) is 62.1 Å². The molecule has 0 amide bonds. The zero-order chi connectivity index (χ0) is 20.8. The molecule has 1 N–H and O–H groups in total. The minimum Gasteiger partial charge on any atom is -0.383 e. The highest BCUT2D eigenvalue weighted by molar-refractivity contribution is 6.29. The molecule has 2 rings (SSSR count). The number of hydrogen-bond acceptors (Lipinski definition) is 5. The third-order valence-electron chi connectivity index (χ3n) is 4.23. The highest BCUT2D eigenvalue weighted by atomic mass is 35.5. The number of aromatic nitrogens is 3. The zero-order valence-corrected chi connectivity index (χ0v) is 16.4. The van der Waals surface area contributed by atoms with Crippen molar-refractivity contribution in [1.82, 2.24) is 15.2 Å². The summed E-state index contributed by atoms with van der Waals surface area (Å²) in [5, 5.41) is 19.1. The van der Waals surface area contributed by atoms with E-state index < -0.39 is 23.8 Å². The molecule has 152 valence electrons. The lowest BCUT2D eigenvalue weighted by Gasteiger charge is -2.34. The van der Waals surface area contributed by atoms with Gasteiger partial charge in [-0.25, -0.2) is 0 Å². The van der Waals surface area contributed by atoms with Gasteiger partial charge in [-0.05, 0) is 24.6 Å². The molecule has 1 unspecified atom stereocenters. The van der Waals surface area contributed by atoms with Crippen LogP contribution in [-0.2, 0) is 5.60 Å². The van der Waals surface area contributed by atoms with Crippen LogP contribution in [0.3, 0.4) is 0 Å². The lowest BCUT2D eigenvalue weighted by Crippen LogP contribution is -2.41. The largest absolute Gasteiger partial charge is 0.412 e. The Labute approximate surface area is 166 Å². The number of rotatable bonds is 8. The third kappa shape index (κ3) is 5.90. The van der Waals surface area contributed by atoms with E-state index in [1.165, 1.54) is 23.4 Å². The Balaban J connectivity index is 2.38. The molecule has 1 atom stereocenters. The van der Waals surface area contributed by atoms with Gasteiger partial charge in [-0.2, -0.15) is 13.2 Å². The molecule has 2 heterocycles. The molecule has 0 fully saturated rings. The van der Waals surface area contributed by atoms with E-state index in [0.717, 1.165) is 6.08 Å². The minimum absolute atomic E-state index is 0.144. The fourth-order valence-corrected chi connectivity index (χ4v) is 2.90. The molecule has 0 saturated carbocycles. The minimum atomic E-state index is -4.54. The second-order valence-electron chi connectivity index (χ2n) is 6.54. The second kappa shape index (κ2) is 9.34. The normalized spacial score (nSPS) is 14.6. The average molecular weight is 415 g/mol. The number of pyridine rings is 1. The number of hydrogen-bond donors (Lipinski definition) is 1. The molecule has 2 aromatic heterocycles. The van der Waals surface area contributed by atoms with Gasteiger partial charge >= 0.3 is 6.18 Å². The zero-order valence-electron chi connectivity index (χ0n) is 15.6. The maximum Gasteiger partial charge on any atom is 0.412 e. The van der Waals surface area contributed by atoms with Gasteiger partial charge in [-0.3, -0.25) is 4.98 Å². The molecule has 0 aliphatic rings.